The maximum atomic E-state index is 12.7. The number of rotatable bonds is 7. The van der Waals surface area contributed by atoms with Crippen LogP contribution in [0.3, 0.4) is 0 Å². The van der Waals surface area contributed by atoms with Gasteiger partial charge >= 0.3 is 0 Å². The normalized spacial score (nSPS) is 18.9. The van der Waals surface area contributed by atoms with E-state index in [-0.39, 0.29) is 29.9 Å². The van der Waals surface area contributed by atoms with Gasteiger partial charge < -0.3 is 5.32 Å². The van der Waals surface area contributed by atoms with Crippen molar-refractivity contribution in [2.45, 2.75) is 44.6 Å². The Morgan fingerprint density at radius 3 is 2.57 bits per heavy atom. The zero-order valence-electron chi connectivity index (χ0n) is 15.1. The third-order valence-electron chi connectivity index (χ3n) is 4.76. The van der Waals surface area contributed by atoms with Gasteiger partial charge in [-0.2, -0.15) is 0 Å². The number of fused-ring (bicyclic) bond motifs is 1. The Balaban J connectivity index is 1.70. The minimum absolute atomic E-state index is 0.0696. The predicted octanol–water partition coefficient (Wildman–Crippen LogP) is 1.98. The first-order valence-electron chi connectivity index (χ1n) is 9.14. The Morgan fingerprint density at radius 1 is 1.11 bits per heavy atom. The number of carbonyl (C=O) groups is 5. The van der Waals surface area contributed by atoms with E-state index in [0.717, 1.165) is 29.5 Å². The standard InChI is InChI=1S/C19H20BrN3O5/c20-9-3-1-2-4-15(24)21-11-5-6-12-13(10-11)19(28)23(18(12)27)14-7-8-16(25)22-17(14)26/h5-6,10,14H,1-4,7-9H2,(H,21,24)(H,22,25,26). The Kier molecular flexibility index (Phi) is 6.23. The van der Waals surface area contributed by atoms with Crippen LogP contribution < -0.4 is 10.6 Å². The molecule has 2 aliphatic heterocycles. The number of hydrogen-bond donors (Lipinski definition) is 2. The number of carbonyl (C=O) groups excluding carboxylic acids is 5. The van der Waals surface area contributed by atoms with Gasteiger partial charge in [-0.1, -0.05) is 22.4 Å². The average Bonchev–Trinajstić information content (AvgIpc) is 2.90. The largest absolute Gasteiger partial charge is 0.326 e. The molecule has 2 N–H and O–H groups in total. The number of piperidine rings is 1. The van der Waals surface area contributed by atoms with Gasteiger partial charge in [0.25, 0.3) is 11.8 Å². The molecule has 1 atom stereocenters. The highest BCUT2D eigenvalue weighted by Crippen LogP contribution is 2.29. The summed E-state index contributed by atoms with van der Waals surface area (Å²) in [5, 5.41) is 5.79. The minimum Gasteiger partial charge on any atom is -0.326 e. The molecule has 0 aliphatic carbocycles. The number of anilines is 1. The number of hydrogen-bond acceptors (Lipinski definition) is 5. The Hall–Kier alpha value is -2.55. The van der Waals surface area contributed by atoms with Crippen LogP contribution in [0.15, 0.2) is 18.2 Å². The second-order valence-corrected chi connectivity index (χ2v) is 7.55. The Bertz CT molecular complexity index is 854. The summed E-state index contributed by atoms with van der Waals surface area (Å²) >= 11 is 3.34. The number of alkyl halides is 1. The minimum atomic E-state index is -1.00. The quantitative estimate of drug-likeness (QED) is 0.375. The summed E-state index contributed by atoms with van der Waals surface area (Å²) in [6.45, 7) is 0. The first-order chi connectivity index (χ1) is 13.4. The fraction of sp³-hybridized carbons (Fsp3) is 0.421. The van der Waals surface area contributed by atoms with Crippen LogP contribution in [0.2, 0.25) is 0 Å². The lowest BCUT2D eigenvalue weighted by molar-refractivity contribution is -0.136. The van der Waals surface area contributed by atoms with Crippen molar-refractivity contribution >= 4 is 51.2 Å². The van der Waals surface area contributed by atoms with Crippen LogP contribution in [-0.4, -0.2) is 45.8 Å². The lowest BCUT2D eigenvalue weighted by Gasteiger charge is -2.27. The summed E-state index contributed by atoms with van der Waals surface area (Å²) in [5.74, 6) is -2.39. The van der Waals surface area contributed by atoms with Gasteiger partial charge in [0, 0.05) is 23.9 Å². The van der Waals surface area contributed by atoms with E-state index >= 15 is 0 Å². The van der Waals surface area contributed by atoms with Gasteiger partial charge in [-0.25, -0.2) is 0 Å². The molecule has 0 aromatic heterocycles. The molecule has 1 aromatic rings. The summed E-state index contributed by atoms with van der Waals surface area (Å²) in [6, 6.07) is 3.49. The molecule has 3 rings (SSSR count). The predicted molar refractivity (Wildman–Crippen MR) is 104 cm³/mol. The zero-order chi connectivity index (χ0) is 20.3. The molecule has 1 fully saturated rings. The van der Waals surface area contributed by atoms with Gasteiger partial charge in [-0.05, 0) is 37.5 Å². The summed E-state index contributed by atoms with van der Waals surface area (Å²) in [5.41, 5.74) is 0.757. The highest BCUT2D eigenvalue weighted by atomic mass is 79.9. The smallest absolute Gasteiger partial charge is 0.262 e. The topological polar surface area (TPSA) is 113 Å². The molecule has 2 aliphatic rings. The first kappa shape index (κ1) is 20.2. The van der Waals surface area contributed by atoms with Crippen molar-refractivity contribution in [2.75, 3.05) is 10.6 Å². The van der Waals surface area contributed by atoms with E-state index in [9.17, 15) is 24.0 Å². The number of imide groups is 2. The number of halogens is 1. The molecule has 0 saturated carbocycles. The Morgan fingerprint density at radius 2 is 1.86 bits per heavy atom. The van der Waals surface area contributed by atoms with E-state index in [4.69, 9.17) is 0 Å². The van der Waals surface area contributed by atoms with Crippen molar-refractivity contribution in [3.05, 3.63) is 29.3 Å². The van der Waals surface area contributed by atoms with Crippen LogP contribution in [0.1, 0.15) is 59.2 Å². The molecular weight excluding hydrogens is 430 g/mol. The van der Waals surface area contributed by atoms with Crippen molar-refractivity contribution in [3.63, 3.8) is 0 Å². The SMILES string of the molecule is O=C1CCC(N2C(=O)c3ccc(NC(=O)CCCCCBr)cc3C2=O)C(=O)N1. The number of nitrogens with one attached hydrogen (secondary N) is 2. The van der Waals surface area contributed by atoms with Crippen LogP contribution in [-0.2, 0) is 14.4 Å². The van der Waals surface area contributed by atoms with Crippen LogP contribution in [0, 0.1) is 0 Å². The summed E-state index contributed by atoms with van der Waals surface area (Å²) in [6.07, 6.45) is 3.26. The zero-order valence-corrected chi connectivity index (χ0v) is 16.7. The van der Waals surface area contributed by atoms with Gasteiger partial charge in [0.1, 0.15) is 6.04 Å². The molecule has 0 radical (unpaired) electrons. The number of unbranched alkanes of at least 4 members (excludes halogenated alkanes) is 2. The van der Waals surface area contributed by atoms with Crippen molar-refractivity contribution in [1.82, 2.24) is 10.2 Å². The molecule has 5 amide bonds. The molecule has 148 valence electrons. The average molecular weight is 450 g/mol. The van der Waals surface area contributed by atoms with Crippen molar-refractivity contribution in [1.29, 1.82) is 0 Å². The molecule has 0 spiro atoms. The fourth-order valence-electron chi connectivity index (χ4n) is 3.33. The second kappa shape index (κ2) is 8.64. The molecule has 9 heteroatoms. The van der Waals surface area contributed by atoms with E-state index in [1.165, 1.54) is 12.1 Å². The van der Waals surface area contributed by atoms with Gasteiger partial charge in [0.15, 0.2) is 0 Å². The van der Waals surface area contributed by atoms with Crippen LogP contribution in [0.4, 0.5) is 5.69 Å². The molecule has 28 heavy (non-hydrogen) atoms. The number of nitrogens with zero attached hydrogens (tertiary/aromatic N) is 1. The summed E-state index contributed by atoms with van der Waals surface area (Å²) < 4.78 is 0. The van der Waals surface area contributed by atoms with E-state index < -0.39 is 29.7 Å². The third-order valence-corrected chi connectivity index (χ3v) is 5.32. The molecule has 0 bridgehead atoms. The van der Waals surface area contributed by atoms with Gasteiger partial charge in [0.2, 0.25) is 17.7 Å². The van der Waals surface area contributed by atoms with Gasteiger partial charge in [-0.3, -0.25) is 34.2 Å². The lowest BCUT2D eigenvalue weighted by Crippen LogP contribution is -2.54. The molecule has 2 heterocycles. The van der Waals surface area contributed by atoms with Crippen LogP contribution in [0.25, 0.3) is 0 Å². The van der Waals surface area contributed by atoms with Crippen LogP contribution in [0.5, 0.6) is 0 Å². The molecular formula is C19H20BrN3O5. The lowest BCUT2D eigenvalue weighted by atomic mass is 10.0. The molecule has 1 saturated heterocycles. The third kappa shape index (κ3) is 4.14. The molecule has 1 unspecified atom stereocenters. The maximum Gasteiger partial charge on any atom is 0.262 e. The highest BCUT2D eigenvalue weighted by molar-refractivity contribution is 9.09. The summed E-state index contributed by atoms with van der Waals surface area (Å²) in [7, 11) is 0. The Labute approximate surface area is 170 Å². The van der Waals surface area contributed by atoms with E-state index in [1.807, 2.05) is 0 Å². The van der Waals surface area contributed by atoms with Gasteiger partial charge in [0.05, 0.1) is 11.1 Å². The monoisotopic (exact) mass is 449 g/mol. The van der Waals surface area contributed by atoms with E-state index in [1.54, 1.807) is 6.07 Å². The number of benzene rings is 1. The first-order valence-corrected chi connectivity index (χ1v) is 10.3. The maximum absolute atomic E-state index is 12.7. The molecule has 8 nitrogen and oxygen atoms in total. The van der Waals surface area contributed by atoms with E-state index in [0.29, 0.717) is 12.1 Å². The number of amides is 5. The van der Waals surface area contributed by atoms with Crippen LogP contribution >= 0.6 is 15.9 Å². The fourth-order valence-corrected chi connectivity index (χ4v) is 3.73. The van der Waals surface area contributed by atoms with Crippen molar-refractivity contribution in [3.8, 4) is 0 Å². The highest BCUT2D eigenvalue weighted by Gasteiger charge is 2.44. The van der Waals surface area contributed by atoms with E-state index in [2.05, 4.69) is 26.6 Å². The van der Waals surface area contributed by atoms with Gasteiger partial charge in [-0.15, -0.1) is 0 Å². The summed E-state index contributed by atoms with van der Waals surface area (Å²) in [4.78, 5) is 61.7. The van der Waals surface area contributed by atoms with Crippen molar-refractivity contribution < 1.29 is 24.0 Å². The van der Waals surface area contributed by atoms with Crippen molar-refractivity contribution in [2.24, 2.45) is 0 Å². The molecule has 1 aromatic carbocycles. The second-order valence-electron chi connectivity index (χ2n) is 6.76.